The van der Waals surface area contributed by atoms with E-state index in [1.54, 1.807) is 13.8 Å². The van der Waals surface area contributed by atoms with Crippen molar-refractivity contribution in [3.05, 3.63) is 32.8 Å². The molecule has 0 bridgehead atoms. The number of hydrogen-bond acceptors (Lipinski definition) is 4. The fourth-order valence-electron chi connectivity index (χ4n) is 1.13. The fraction of sp³-hybridized carbons (Fsp3) is 0.364. The fourth-order valence-corrected chi connectivity index (χ4v) is 1.65. The van der Waals surface area contributed by atoms with Crippen LogP contribution in [0.1, 0.15) is 13.8 Å². The van der Waals surface area contributed by atoms with Crippen LogP contribution in [0.5, 0.6) is 0 Å². The Bertz CT molecular complexity index is 488. The molecule has 1 aromatic rings. The molecule has 98 valence electrons. The number of nitro benzene ring substituents is 1. The van der Waals surface area contributed by atoms with Crippen LogP contribution in [0.25, 0.3) is 0 Å². The van der Waals surface area contributed by atoms with Crippen LogP contribution < -0.4 is 11.1 Å². The van der Waals surface area contributed by atoms with Gasteiger partial charge in [0.2, 0.25) is 5.91 Å². The molecule has 1 rings (SSSR count). The number of halogens is 1. The predicted octanol–water partition coefficient (Wildman–Crippen LogP) is 2.28. The third-order valence-electron chi connectivity index (χ3n) is 2.53. The Labute approximate surface area is 113 Å². The van der Waals surface area contributed by atoms with Crippen LogP contribution in [0.15, 0.2) is 22.7 Å². The number of carbonyl (C=O) groups is 1. The van der Waals surface area contributed by atoms with E-state index in [-0.39, 0.29) is 18.1 Å². The first kappa shape index (κ1) is 14.6. The molecule has 6 nitrogen and oxygen atoms in total. The number of benzene rings is 1. The van der Waals surface area contributed by atoms with Crippen LogP contribution in [0.2, 0.25) is 0 Å². The molecule has 0 unspecified atom stereocenters. The number of rotatable bonds is 4. The highest BCUT2D eigenvalue weighted by Gasteiger charge is 2.26. The number of nitrogens with two attached hydrogens (primary N) is 1. The van der Waals surface area contributed by atoms with E-state index >= 15 is 0 Å². The van der Waals surface area contributed by atoms with Crippen molar-refractivity contribution in [1.82, 2.24) is 0 Å². The van der Waals surface area contributed by atoms with Crippen LogP contribution in [0.4, 0.5) is 11.4 Å². The van der Waals surface area contributed by atoms with Crippen molar-refractivity contribution in [1.29, 1.82) is 0 Å². The molecule has 0 radical (unpaired) electrons. The summed E-state index contributed by atoms with van der Waals surface area (Å²) in [5, 5.41) is 13.3. The van der Waals surface area contributed by atoms with Gasteiger partial charge in [0.1, 0.15) is 0 Å². The van der Waals surface area contributed by atoms with E-state index in [9.17, 15) is 14.9 Å². The molecule has 0 spiro atoms. The average molecular weight is 316 g/mol. The van der Waals surface area contributed by atoms with Gasteiger partial charge in [-0.15, -0.1) is 0 Å². The monoisotopic (exact) mass is 315 g/mol. The largest absolute Gasteiger partial charge is 0.329 e. The first-order chi connectivity index (χ1) is 8.27. The van der Waals surface area contributed by atoms with Gasteiger partial charge in [0, 0.05) is 18.3 Å². The molecular formula is C11H14BrN3O3. The quantitative estimate of drug-likeness (QED) is 0.657. The average Bonchev–Trinajstić information content (AvgIpc) is 2.28. The number of amides is 1. The number of carbonyl (C=O) groups excluding carboxylic acids is 1. The maximum atomic E-state index is 11.9. The van der Waals surface area contributed by atoms with E-state index in [2.05, 4.69) is 21.2 Å². The maximum Gasteiger partial charge on any atom is 0.283 e. The molecule has 0 fully saturated rings. The van der Waals surface area contributed by atoms with Crippen molar-refractivity contribution in [2.24, 2.45) is 11.1 Å². The Kier molecular flexibility index (Phi) is 4.42. The van der Waals surface area contributed by atoms with Crippen LogP contribution in [0, 0.1) is 15.5 Å². The van der Waals surface area contributed by atoms with E-state index in [0.717, 1.165) is 0 Å². The lowest BCUT2D eigenvalue weighted by molar-refractivity contribution is -0.385. The first-order valence-corrected chi connectivity index (χ1v) is 6.02. The van der Waals surface area contributed by atoms with E-state index in [1.807, 2.05) is 0 Å². The third kappa shape index (κ3) is 3.27. The summed E-state index contributed by atoms with van der Waals surface area (Å²) in [6.45, 7) is 3.67. The van der Waals surface area contributed by atoms with Gasteiger partial charge in [-0.2, -0.15) is 0 Å². The molecule has 0 saturated heterocycles. The third-order valence-corrected chi connectivity index (χ3v) is 3.16. The second kappa shape index (κ2) is 5.45. The van der Waals surface area contributed by atoms with Crippen molar-refractivity contribution >= 4 is 33.2 Å². The zero-order valence-electron chi connectivity index (χ0n) is 10.1. The minimum Gasteiger partial charge on any atom is -0.329 e. The Balaban J connectivity index is 2.91. The molecule has 0 aromatic heterocycles. The van der Waals surface area contributed by atoms with Crippen molar-refractivity contribution < 1.29 is 9.72 Å². The van der Waals surface area contributed by atoms with Gasteiger partial charge in [-0.25, -0.2) is 0 Å². The van der Waals surface area contributed by atoms with Gasteiger partial charge in [0.15, 0.2) is 0 Å². The van der Waals surface area contributed by atoms with Crippen molar-refractivity contribution in [3.63, 3.8) is 0 Å². The highest BCUT2D eigenvalue weighted by Crippen LogP contribution is 2.28. The molecule has 0 heterocycles. The number of anilines is 1. The van der Waals surface area contributed by atoms with Crippen LogP contribution >= 0.6 is 15.9 Å². The summed E-state index contributed by atoms with van der Waals surface area (Å²) in [6, 6.07) is 4.30. The van der Waals surface area contributed by atoms with Crippen LogP contribution in [-0.2, 0) is 4.79 Å². The zero-order chi connectivity index (χ0) is 13.9. The lowest BCUT2D eigenvalue weighted by Gasteiger charge is -2.21. The molecular weight excluding hydrogens is 302 g/mol. The summed E-state index contributed by atoms with van der Waals surface area (Å²) in [5.74, 6) is -0.231. The van der Waals surface area contributed by atoms with Gasteiger partial charge < -0.3 is 11.1 Å². The molecule has 0 aliphatic rings. The molecule has 0 aliphatic heterocycles. The van der Waals surface area contributed by atoms with Gasteiger partial charge >= 0.3 is 0 Å². The molecule has 7 heteroatoms. The first-order valence-electron chi connectivity index (χ1n) is 5.23. The lowest BCUT2D eigenvalue weighted by atomic mass is 9.92. The highest BCUT2D eigenvalue weighted by molar-refractivity contribution is 9.10. The molecule has 0 atom stereocenters. The molecule has 3 N–H and O–H groups in total. The van der Waals surface area contributed by atoms with Gasteiger partial charge in [-0.3, -0.25) is 14.9 Å². The van der Waals surface area contributed by atoms with E-state index < -0.39 is 10.3 Å². The maximum absolute atomic E-state index is 11.9. The van der Waals surface area contributed by atoms with Crippen molar-refractivity contribution in [2.75, 3.05) is 11.9 Å². The minimum atomic E-state index is -0.686. The van der Waals surface area contributed by atoms with E-state index in [4.69, 9.17) is 5.73 Å². The van der Waals surface area contributed by atoms with Crippen LogP contribution in [-0.4, -0.2) is 17.4 Å². The highest BCUT2D eigenvalue weighted by atomic mass is 79.9. The molecule has 1 amide bonds. The van der Waals surface area contributed by atoms with Crippen molar-refractivity contribution in [3.8, 4) is 0 Å². The topological polar surface area (TPSA) is 98.3 Å². The lowest BCUT2D eigenvalue weighted by Crippen LogP contribution is -2.37. The van der Waals surface area contributed by atoms with Gasteiger partial charge in [-0.1, -0.05) is 0 Å². The predicted molar refractivity (Wildman–Crippen MR) is 72.3 cm³/mol. The summed E-state index contributed by atoms with van der Waals surface area (Å²) >= 11 is 3.09. The standard InChI is InChI=1S/C11H14BrN3O3/c1-11(2,6-13)10(16)14-7-3-4-9(15(17)18)8(12)5-7/h3-5H,6,13H2,1-2H3,(H,14,16). The second-order valence-corrected chi connectivity index (χ2v) is 5.32. The summed E-state index contributed by atoms with van der Waals surface area (Å²) in [7, 11) is 0. The Hall–Kier alpha value is -1.47. The van der Waals surface area contributed by atoms with E-state index in [1.165, 1.54) is 18.2 Å². The number of nitrogens with zero attached hydrogens (tertiary/aromatic N) is 1. The smallest absolute Gasteiger partial charge is 0.283 e. The van der Waals surface area contributed by atoms with Crippen LogP contribution in [0.3, 0.4) is 0 Å². The summed E-state index contributed by atoms with van der Waals surface area (Å²) in [5.41, 5.74) is 5.24. The van der Waals surface area contributed by atoms with Crippen molar-refractivity contribution in [2.45, 2.75) is 13.8 Å². The molecule has 0 saturated carbocycles. The molecule has 0 aliphatic carbocycles. The minimum absolute atomic E-state index is 0.0499. The number of nitrogens with one attached hydrogen (secondary N) is 1. The normalized spacial score (nSPS) is 11.1. The Morgan fingerprint density at radius 3 is 2.61 bits per heavy atom. The summed E-state index contributed by atoms with van der Waals surface area (Å²) < 4.78 is 0.316. The van der Waals surface area contributed by atoms with Gasteiger partial charge in [-0.05, 0) is 41.9 Å². The van der Waals surface area contributed by atoms with Gasteiger partial charge in [0.05, 0.1) is 14.8 Å². The Morgan fingerprint density at radius 1 is 1.56 bits per heavy atom. The Morgan fingerprint density at radius 2 is 2.17 bits per heavy atom. The second-order valence-electron chi connectivity index (χ2n) is 4.47. The number of nitro groups is 1. The summed E-state index contributed by atoms with van der Waals surface area (Å²) in [4.78, 5) is 22.0. The SMILES string of the molecule is CC(C)(CN)C(=O)Nc1ccc([N+](=O)[O-])c(Br)c1. The zero-order valence-corrected chi connectivity index (χ0v) is 11.7. The summed E-state index contributed by atoms with van der Waals surface area (Å²) in [6.07, 6.45) is 0. The van der Waals surface area contributed by atoms with E-state index in [0.29, 0.717) is 10.2 Å². The molecule has 1 aromatic carbocycles. The van der Waals surface area contributed by atoms with Gasteiger partial charge in [0.25, 0.3) is 5.69 Å². The number of hydrogen-bond donors (Lipinski definition) is 2. The molecule has 18 heavy (non-hydrogen) atoms.